The molecule has 6 nitrogen and oxygen atoms in total. The Kier molecular flexibility index (Phi) is 5.34. The van der Waals surface area contributed by atoms with Crippen LogP contribution in [0.3, 0.4) is 0 Å². The molecule has 0 spiro atoms. The van der Waals surface area contributed by atoms with Gasteiger partial charge in [-0.3, -0.25) is 9.36 Å². The third-order valence-corrected chi connectivity index (χ3v) is 7.28. The molecule has 0 aliphatic heterocycles. The number of fused-ring (bicyclic) bond motifs is 3. The summed E-state index contributed by atoms with van der Waals surface area (Å²) in [6, 6.07) is 3.04. The van der Waals surface area contributed by atoms with Crippen molar-refractivity contribution in [3.63, 3.8) is 0 Å². The summed E-state index contributed by atoms with van der Waals surface area (Å²) in [7, 11) is 0. The molecule has 0 fully saturated rings. The SMILES string of the molecule is CCCc1nc2sc3c(c2c(=O)n1Cc1ccc(C(=O)O)o1)CCC(C(C)(C)C)C3. The second-order valence-corrected chi connectivity index (χ2v) is 10.3. The molecule has 3 heterocycles. The van der Waals surface area contributed by atoms with Crippen LogP contribution < -0.4 is 5.56 Å². The zero-order valence-electron chi connectivity index (χ0n) is 17.9. The average molecular weight is 429 g/mol. The van der Waals surface area contributed by atoms with E-state index in [1.54, 1.807) is 22.0 Å². The molecule has 1 aliphatic carbocycles. The number of carboxylic acid groups (broad SMARTS) is 1. The summed E-state index contributed by atoms with van der Waals surface area (Å²) in [5, 5.41) is 9.85. The van der Waals surface area contributed by atoms with Crippen molar-refractivity contribution in [2.24, 2.45) is 11.3 Å². The first kappa shape index (κ1) is 20.8. The number of furan rings is 1. The monoisotopic (exact) mass is 428 g/mol. The van der Waals surface area contributed by atoms with Gasteiger partial charge in [0.1, 0.15) is 16.4 Å². The Labute approximate surface area is 179 Å². The first-order chi connectivity index (χ1) is 14.2. The molecule has 1 unspecified atom stereocenters. The lowest BCUT2D eigenvalue weighted by Crippen LogP contribution is -2.28. The summed E-state index contributed by atoms with van der Waals surface area (Å²) >= 11 is 1.67. The number of carbonyl (C=O) groups is 1. The highest BCUT2D eigenvalue weighted by molar-refractivity contribution is 7.18. The van der Waals surface area contributed by atoms with Gasteiger partial charge in [-0.05, 0) is 54.7 Å². The standard InChI is InChI=1S/C23H28N2O4S/c1-5-6-18-24-20-19(15-9-7-13(23(2,3)4)11-17(15)30-20)21(26)25(18)12-14-8-10-16(29-14)22(27)28/h8,10,13H,5-7,9,11-12H2,1-4H3,(H,27,28). The van der Waals surface area contributed by atoms with Crippen LogP contribution in [0.25, 0.3) is 10.2 Å². The first-order valence-electron chi connectivity index (χ1n) is 10.5. The molecule has 0 saturated heterocycles. The summed E-state index contributed by atoms with van der Waals surface area (Å²) in [5.41, 5.74) is 1.37. The van der Waals surface area contributed by atoms with Crippen molar-refractivity contribution in [2.45, 2.75) is 66.3 Å². The largest absolute Gasteiger partial charge is 0.475 e. The first-order valence-corrected chi connectivity index (χ1v) is 11.4. The minimum atomic E-state index is -1.11. The Hall–Kier alpha value is -2.41. The minimum Gasteiger partial charge on any atom is -0.475 e. The van der Waals surface area contributed by atoms with E-state index in [4.69, 9.17) is 14.5 Å². The minimum absolute atomic E-state index is 0.0385. The average Bonchev–Trinajstić information content (AvgIpc) is 3.28. The maximum Gasteiger partial charge on any atom is 0.371 e. The maximum absolute atomic E-state index is 13.6. The fraction of sp³-hybridized carbons (Fsp3) is 0.522. The van der Waals surface area contributed by atoms with Gasteiger partial charge >= 0.3 is 5.97 Å². The molecule has 3 aromatic rings. The molecule has 1 atom stereocenters. The third-order valence-electron chi connectivity index (χ3n) is 6.13. The Morgan fingerprint density at radius 3 is 2.77 bits per heavy atom. The fourth-order valence-corrected chi connectivity index (χ4v) is 5.66. The van der Waals surface area contributed by atoms with Crippen LogP contribution >= 0.6 is 11.3 Å². The van der Waals surface area contributed by atoms with Crippen LogP contribution in [-0.2, 0) is 25.8 Å². The quantitative estimate of drug-likeness (QED) is 0.625. The van der Waals surface area contributed by atoms with E-state index in [-0.39, 0.29) is 23.3 Å². The van der Waals surface area contributed by atoms with Gasteiger partial charge in [0.25, 0.3) is 5.56 Å². The van der Waals surface area contributed by atoms with Gasteiger partial charge in [0.05, 0.1) is 11.9 Å². The van der Waals surface area contributed by atoms with Gasteiger partial charge in [-0.2, -0.15) is 0 Å². The van der Waals surface area contributed by atoms with Crippen LogP contribution in [0.5, 0.6) is 0 Å². The van der Waals surface area contributed by atoms with Crippen molar-refractivity contribution in [2.75, 3.05) is 0 Å². The second kappa shape index (κ2) is 7.69. The summed E-state index contributed by atoms with van der Waals surface area (Å²) < 4.78 is 7.08. The van der Waals surface area contributed by atoms with Gasteiger partial charge in [-0.25, -0.2) is 9.78 Å². The van der Waals surface area contributed by atoms with E-state index in [0.29, 0.717) is 18.1 Å². The Morgan fingerprint density at radius 1 is 1.37 bits per heavy atom. The maximum atomic E-state index is 13.6. The second-order valence-electron chi connectivity index (χ2n) is 9.23. The van der Waals surface area contributed by atoms with Crippen molar-refractivity contribution < 1.29 is 14.3 Å². The molecule has 1 N–H and O–H groups in total. The number of aromatic carboxylic acids is 1. The van der Waals surface area contributed by atoms with E-state index in [9.17, 15) is 9.59 Å². The van der Waals surface area contributed by atoms with E-state index in [2.05, 4.69) is 27.7 Å². The number of aryl methyl sites for hydroxylation is 2. The zero-order valence-corrected chi connectivity index (χ0v) is 18.8. The predicted molar refractivity (Wildman–Crippen MR) is 118 cm³/mol. The van der Waals surface area contributed by atoms with Crippen LogP contribution in [0, 0.1) is 11.3 Å². The van der Waals surface area contributed by atoms with Crippen molar-refractivity contribution >= 4 is 27.5 Å². The number of aromatic nitrogens is 2. The molecule has 30 heavy (non-hydrogen) atoms. The molecule has 160 valence electrons. The normalized spacial score (nSPS) is 16.7. The van der Waals surface area contributed by atoms with Crippen LogP contribution in [-0.4, -0.2) is 20.6 Å². The number of hydrogen-bond acceptors (Lipinski definition) is 5. The fourth-order valence-electron chi connectivity index (χ4n) is 4.35. The van der Waals surface area contributed by atoms with Crippen molar-refractivity contribution in [3.05, 3.63) is 50.3 Å². The zero-order chi connectivity index (χ0) is 21.6. The molecule has 7 heteroatoms. The Morgan fingerprint density at radius 2 is 2.13 bits per heavy atom. The van der Waals surface area contributed by atoms with E-state index in [1.807, 2.05) is 0 Å². The number of hydrogen-bond donors (Lipinski definition) is 1. The van der Waals surface area contributed by atoms with Crippen LogP contribution in [0.15, 0.2) is 21.3 Å². The molecule has 1 aliphatic rings. The lowest BCUT2D eigenvalue weighted by molar-refractivity contribution is 0.0660. The molecular weight excluding hydrogens is 400 g/mol. The van der Waals surface area contributed by atoms with Gasteiger partial charge < -0.3 is 9.52 Å². The highest BCUT2D eigenvalue weighted by atomic mass is 32.1. The molecular formula is C23H28N2O4S. The molecule has 0 saturated carbocycles. The molecule has 3 aromatic heterocycles. The van der Waals surface area contributed by atoms with Gasteiger partial charge in [0.15, 0.2) is 0 Å². The Bertz CT molecular complexity index is 1160. The topological polar surface area (TPSA) is 85.3 Å². The van der Waals surface area contributed by atoms with Gasteiger partial charge in [-0.15, -0.1) is 11.3 Å². The van der Waals surface area contributed by atoms with Crippen LogP contribution in [0.4, 0.5) is 0 Å². The number of rotatable bonds is 5. The summed E-state index contributed by atoms with van der Waals surface area (Å²) in [5.74, 6) is 0.550. The van der Waals surface area contributed by atoms with Crippen LogP contribution in [0.2, 0.25) is 0 Å². The van der Waals surface area contributed by atoms with Crippen LogP contribution in [0.1, 0.15) is 73.1 Å². The molecule has 0 radical (unpaired) electrons. The lowest BCUT2D eigenvalue weighted by atomic mass is 9.72. The van der Waals surface area contributed by atoms with E-state index in [0.717, 1.165) is 47.3 Å². The summed E-state index contributed by atoms with van der Waals surface area (Å²) in [6.07, 6.45) is 4.55. The molecule has 4 rings (SSSR count). The lowest BCUT2D eigenvalue weighted by Gasteiger charge is -2.33. The number of nitrogens with zero attached hydrogens (tertiary/aromatic N) is 2. The number of thiophene rings is 1. The predicted octanol–water partition coefficient (Wildman–Crippen LogP) is 4.90. The van der Waals surface area contributed by atoms with Crippen molar-refractivity contribution in [1.29, 1.82) is 0 Å². The molecule has 0 bridgehead atoms. The smallest absolute Gasteiger partial charge is 0.371 e. The summed E-state index contributed by atoms with van der Waals surface area (Å²) in [6.45, 7) is 9.11. The third kappa shape index (κ3) is 3.71. The van der Waals surface area contributed by atoms with Gasteiger partial charge in [-0.1, -0.05) is 27.7 Å². The van der Waals surface area contributed by atoms with E-state index < -0.39 is 5.97 Å². The van der Waals surface area contributed by atoms with Gasteiger partial charge in [0, 0.05) is 11.3 Å². The summed E-state index contributed by atoms with van der Waals surface area (Å²) in [4.78, 5) is 31.7. The molecule has 0 aromatic carbocycles. The van der Waals surface area contributed by atoms with Gasteiger partial charge in [0.2, 0.25) is 5.76 Å². The van der Waals surface area contributed by atoms with Crippen molar-refractivity contribution in [3.8, 4) is 0 Å². The highest BCUT2D eigenvalue weighted by Gasteiger charge is 2.32. The molecule has 0 amide bonds. The number of carboxylic acids is 1. The van der Waals surface area contributed by atoms with E-state index >= 15 is 0 Å². The Balaban J connectivity index is 1.80. The van der Waals surface area contributed by atoms with Crippen molar-refractivity contribution in [1.82, 2.24) is 9.55 Å². The highest BCUT2D eigenvalue weighted by Crippen LogP contribution is 2.42. The van der Waals surface area contributed by atoms with E-state index in [1.165, 1.54) is 10.9 Å².